The molecule has 0 fully saturated rings. The van der Waals surface area contributed by atoms with E-state index in [0.29, 0.717) is 0 Å². The number of allylic oxidation sites excluding steroid dienone is 1. The maximum Gasteiger partial charge on any atom is 0.330 e. The number of aryl methyl sites for hydroxylation is 2. The Labute approximate surface area is 119 Å². The van der Waals surface area contributed by atoms with Crippen molar-refractivity contribution >= 4 is 16.9 Å². The van der Waals surface area contributed by atoms with Crippen LogP contribution in [0.15, 0.2) is 30.4 Å². The molecular weight excluding hydrogens is 250 g/mol. The van der Waals surface area contributed by atoms with Gasteiger partial charge in [-0.05, 0) is 31.5 Å². The van der Waals surface area contributed by atoms with Crippen molar-refractivity contribution in [2.75, 3.05) is 7.11 Å². The number of benzene rings is 1. The van der Waals surface area contributed by atoms with Crippen LogP contribution in [0.4, 0.5) is 0 Å². The molecule has 0 saturated carbocycles. The molecule has 0 spiro atoms. The number of hydrogen-bond donors (Lipinski definition) is 0. The molecule has 20 heavy (non-hydrogen) atoms. The molecule has 1 heterocycles. The monoisotopic (exact) mass is 271 g/mol. The van der Waals surface area contributed by atoms with Crippen LogP contribution in [0.2, 0.25) is 0 Å². The van der Waals surface area contributed by atoms with Crippen molar-refractivity contribution in [3.8, 4) is 0 Å². The van der Waals surface area contributed by atoms with E-state index in [-0.39, 0.29) is 11.9 Å². The van der Waals surface area contributed by atoms with Crippen molar-refractivity contribution in [2.24, 2.45) is 7.05 Å². The van der Waals surface area contributed by atoms with Crippen molar-refractivity contribution in [1.82, 2.24) is 4.57 Å². The van der Waals surface area contributed by atoms with Gasteiger partial charge in [0.15, 0.2) is 0 Å². The van der Waals surface area contributed by atoms with E-state index in [2.05, 4.69) is 55.3 Å². The van der Waals surface area contributed by atoms with Gasteiger partial charge in [0.25, 0.3) is 0 Å². The number of nitrogens with zero attached hydrogens (tertiary/aromatic N) is 1. The fraction of sp³-hybridized carbons (Fsp3) is 0.353. The van der Waals surface area contributed by atoms with E-state index in [1.807, 2.05) is 6.08 Å². The van der Waals surface area contributed by atoms with Crippen LogP contribution in [0.1, 0.15) is 29.7 Å². The third-order valence-corrected chi connectivity index (χ3v) is 3.87. The van der Waals surface area contributed by atoms with E-state index in [1.54, 1.807) is 0 Å². The first kappa shape index (κ1) is 14.4. The first-order valence-corrected chi connectivity index (χ1v) is 6.77. The van der Waals surface area contributed by atoms with Gasteiger partial charge in [0.2, 0.25) is 0 Å². The van der Waals surface area contributed by atoms with Crippen molar-refractivity contribution in [3.63, 3.8) is 0 Å². The van der Waals surface area contributed by atoms with Crippen molar-refractivity contribution in [2.45, 2.75) is 26.7 Å². The van der Waals surface area contributed by atoms with Crippen molar-refractivity contribution < 1.29 is 9.53 Å². The van der Waals surface area contributed by atoms with E-state index >= 15 is 0 Å². The minimum atomic E-state index is -0.314. The van der Waals surface area contributed by atoms with Gasteiger partial charge in [-0.25, -0.2) is 4.79 Å². The Morgan fingerprint density at radius 1 is 1.35 bits per heavy atom. The van der Waals surface area contributed by atoms with Crippen LogP contribution in [0, 0.1) is 13.8 Å². The number of carbonyl (C=O) groups is 1. The average Bonchev–Trinajstić information content (AvgIpc) is 2.67. The highest BCUT2D eigenvalue weighted by Gasteiger charge is 2.16. The number of aromatic nitrogens is 1. The van der Waals surface area contributed by atoms with Gasteiger partial charge in [-0.1, -0.05) is 24.6 Å². The van der Waals surface area contributed by atoms with Crippen LogP contribution < -0.4 is 0 Å². The highest BCUT2D eigenvalue weighted by Crippen LogP contribution is 2.32. The number of methoxy groups -OCH3 is 1. The molecule has 3 nitrogen and oxygen atoms in total. The van der Waals surface area contributed by atoms with Crippen LogP contribution in [-0.4, -0.2) is 17.6 Å². The molecule has 0 radical (unpaired) electrons. The third-order valence-electron chi connectivity index (χ3n) is 3.87. The summed E-state index contributed by atoms with van der Waals surface area (Å²) >= 11 is 0. The van der Waals surface area contributed by atoms with E-state index in [0.717, 1.165) is 0 Å². The minimum Gasteiger partial charge on any atom is -0.466 e. The summed E-state index contributed by atoms with van der Waals surface area (Å²) in [5.41, 5.74) is 4.97. The Balaban J connectivity index is 2.53. The van der Waals surface area contributed by atoms with Crippen LogP contribution >= 0.6 is 0 Å². The molecule has 0 amide bonds. The maximum atomic E-state index is 11.2. The second-order valence-electron chi connectivity index (χ2n) is 5.25. The molecule has 0 aliphatic rings. The third kappa shape index (κ3) is 2.48. The molecule has 0 bridgehead atoms. The van der Waals surface area contributed by atoms with Crippen LogP contribution in [0.5, 0.6) is 0 Å². The maximum absolute atomic E-state index is 11.2. The molecule has 0 unspecified atom stereocenters. The SMILES string of the molecule is COC(=O)/C=C\[C@H](C)c1c(C)n(C)c2ccc(C)cc12. The lowest BCUT2D eigenvalue weighted by Crippen LogP contribution is -1.98. The van der Waals surface area contributed by atoms with Gasteiger partial charge < -0.3 is 9.30 Å². The van der Waals surface area contributed by atoms with Crippen molar-refractivity contribution in [3.05, 3.63) is 47.2 Å². The number of ether oxygens (including phenoxy) is 1. The van der Waals surface area contributed by atoms with Gasteiger partial charge in [0.05, 0.1) is 7.11 Å². The first-order valence-electron chi connectivity index (χ1n) is 6.77. The Morgan fingerprint density at radius 2 is 2.05 bits per heavy atom. The molecule has 0 saturated heterocycles. The molecule has 1 atom stereocenters. The van der Waals surface area contributed by atoms with E-state index in [9.17, 15) is 4.79 Å². The highest BCUT2D eigenvalue weighted by molar-refractivity contribution is 5.87. The number of fused-ring (bicyclic) bond motifs is 1. The Hall–Kier alpha value is -2.03. The summed E-state index contributed by atoms with van der Waals surface area (Å²) < 4.78 is 6.85. The van der Waals surface area contributed by atoms with Gasteiger partial charge in [0, 0.05) is 35.6 Å². The molecule has 2 rings (SSSR count). The predicted molar refractivity (Wildman–Crippen MR) is 82.0 cm³/mol. The summed E-state index contributed by atoms with van der Waals surface area (Å²) in [6, 6.07) is 6.48. The average molecular weight is 271 g/mol. The quantitative estimate of drug-likeness (QED) is 0.630. The lowest BCUT2D eigenvalue weighted by molar-refractivity contribution is -0.134. The molecule has 3 heteroatoms. The topological polar surface area (TPSA) is 31.2 Å². The van der Waals surface area contributed by atoms with Crippen LogP contribution in [-0.2, 0) is 16.6 Å². The molecule has 0 aliphatic heterocycles. The van der Waals surface area contributed by atoms with E-state index in [4.69, 9.17) is 0 Å². The normalized spacial score (nSPS) is 13.1. The lowest BCUT2D eigenvalue weighted by Gasteiger charge is -2.08. The second kappa shape index (κ2) is 5.53. The largest absolute Gasteiger partial charge is 0.466 e. The molecule has 0 N–H and O–H groups in total. The van der Waals surface area contributed by atoms with Gasteiger partial charge in [-0.15, -0.1) is 0 Å². The summed E-state index contributed by atoms with van der Waals surface area (Å²) in [5.74, 6) is -0.148. The zero-order chi connectivity index (χ0) is 14.9. The summed E-state index contributed by atoms with van der Waals surface area (Å²) in [5, 5.41) is 1.26. The lowest BCUT2D eigenvalue weighted by atomic mass is 9.96. The molecule has 0 aliphatic carbocycles. The number of rotatable bonds is 3. The smallest absolute Gasteiger partial charge is 0.330 e. The minimum absolute atomic E-state index is 0.166. The Morgan fingerprint density at radius 3 is 2.70 bits per heavy atom. The highest BCUT2D eigenvalue weighted by atomic mass is 16.5. The summed E-state index contributed by atoms with van der Waals surface area (Å²) in [7, 11) is 3.47. The van der Waals surface area contributed by atoms with E-state index < -0.39 is 0 Å². The number of esters is 1. The number of carbonyl (C=O) groups excluding carboxylic acids is 1. The van der Waals surface area contributed by atoms with Gasteiger partial charge in [0.1, 0.15) is 0 Å². The summed E-state index contributed by atoms with van der Waals surface area (Å²) in [4.78, 5) is 11.2. The standard InChI is InChI=1S/C17H21NO2/c1-11-6-8-15-14(10-11)17(13(3)18(15)4)12(2)7-9-16(19)20-5/h6-10,12H,1-5H3/b9-7-/t12-/m0/s1. The first-order chi connectivity index (χ1) is 9.45. The fourth-order valence-electron chi connectivity index (χ4n) is 2.68. The Kier molecular flexibility index (Phi) is 3.98. The fourth-order valence-corrected chi connectivity index (χ4v) is 2.68. The predicted octanol–water partition coefficient (Wildman–Crippen LogP) is 3.63. The second-order valence-corrected chi connectivity index (χ2v) is 5.25. The Bertz CT molecular complexity index is 680. The zero-order valence-electron chi connectivity index (χ0n) is 12.7. The van der Waals surface area contributed by atoms with E-state index in [1.165, 1.54) is 40.9 Å². The van der Waals surface area contributed by atoms with Gasteiger partial charge in [-0.2, -0.15) is 0 Å². The van der Waals surface area contributed by atoms with Gasteiger partial charge >= 0.3 is 5.97 Å². The molecule has 1 aromatic carbocycles. The van der Waals surface area contributed by atoms with Crippen LogP contribution in [0.3, 0.4) is 0 Å². The molecule has 2 aromatic rings. The molecular formula is C17H21NO2. The number of hydrogen-bond acceptors (Lipinski definition) is 2. The van der Waals surface area contributed by atoms with Gasteiger partial charge in [-0.3, -0.25) is 0 Å². The van der Waals surface area contributed by atoms with Crippen molar-refractivity contribution in [1.29, 1.82) is 0 Å². The zero-order valence-corrected chi connectivity index (χ0v) is 12.7. The summed E-state index contributed by atoms with van der Waals surface area (Å²) in [6.07, 6.45) is 3.40. The molecule has 1 aromatic heterocycles. The molecule has 106 valence electrons. The van der Waals surface area contributed by atoms with Crippen LogP contribution in [0.25, 0.3) is 10.9 Å². The summed E-state index contributed by atoms with van der Waals surface area (Å²) in [6.45, 7) is 6.32.